The second-order valence-corrected chi connectivity index (χ2v) is 7.14. The Morgan fingerprint density at radius 2 is 2.11 bits per heavy atom. The van der Waals surface area contributed by atoms with Gasteiger partial charge in [0.25, 0.3) is 0 Å². The first-order valence-electron chi connectivity index (χ1n) is 7.73. The summed E-state index contributed by atoms with van der Waals surface area (Å²) in [6.07, 6.45) is 3.66. The highest BCUT2D eigenvalue weighted by Crippen LogP contribution is 2.29. The first kappa shape index (κ1) is 18.9. The monoisotopic (exact) mass is 440 g/mol. The molecule has 134 valence electrons. The predicted octanol–water partition coefficient (Wildman–Crippen LogP) is 4.78. The van der Waals surface area contributed by atoms with Gasteiger partial charge in [0.2, 0.25) is 0 Å². The number of carbonyl (C=O) groups is 1. The fourth-order valence-electron chi connectivity index (χ4n) is 2.55. The van der Waals surface area contributed by atoms with E-state index >= 15 is 0 Å². The summed E-state index contributed by atoms with van der Waals surface area (Å²) in [5.41, 5.74) is 2.69. The van der Waals surface area contributed by atoms with Crippen molar-refractivity contribution in [1.82, 2.24) is 10.3 Å². The number of thioether (sulfide) groups is 1. The van der Waals surface area contributed by atoms with E-state index < -0.39 is 5.97 Å². The molecule has 0 aliphatic rings. The smallest absolute Gasteiger partial charge is 0.336 e. The molecule has 6 nitrogen and oxygen atoms in total. The van der Waals surface area contributed by atoms with Crippen molar-refractivity contribution in [2.24, 2.45) is 4.99 Å². The highest BCUT2D eigenvalue weighted by Gasteiger charge is 2.13. The van der Waals surface area contributed by atoms with Crippen LogP contribution in [0.25, 0.3) is 22.2 Å². The van der Waals surface area contributed by atoms with E-state index in [0.29, 0.717) is 27.5 Å². The van der Waals surface area contributed by atoms with Crippen molar-refractivity contribution < 1.29 is 9.90 Å². The van der Waals surface area contributed by atoms with Gasteiger partial charge in [-0.2, -0.15) is 5.26 Å². The lowest BCUT2D eigenvalue weighted by atomic mass is 10.0. The molecule has 0 fully saturated rings. The molecule has 27 heavy (non-hydrogen) atoms. The lowest BCUT2D eigenvalue weighted by Crippen LogP contribution is -2.12. The molecule has 0 aliphatic carbocycles. The number of aromatic nitrogens is 1. The van der Waals surface area contributed by atoms with E-state index in [4.69, 9.17) is 5.26 Å². The van der Waals surface area contributed by atoms with E-state index in [1.807, 2.05) is 30.6 Å². The van der Waals surface area contributed by atoms with Gasteiger partial charge in [-0.1, -0.05) is 39.8 Å². The molecule has 0 saturated carbocycles. The van der Waals surface area contributed by atoms with E-state index in [1.54, 1.807) is 30.3 Å². The molecule has 0 radical (unpaired) electrons. The van der Waals surface area contributed by atoms with Crippen LogP contribution in [0.3, 0.4) is 0 Å². The normalized spacial score (nSPS) is 11.2. The minimum Gasteiger partial charge on any atom is -0.478 e. The summed E-state index contributed by atoms with van der Waals surface area (Å²) in [6, 6.07) is 14.2. The number of hydrogen-bond donors (Lipinski definition) is 2. The third-order valence-corrected chi connectivity index (χ3v) is 4.80. The van der Waals surface area contributed by atoms with Crippen LogP contribution in [0.5, 0.6) is 0 Å². The fourth-order valence-corrected chi connectivity index (χ4v) is 3.25. The topological polar surface area (TPSA) is 98.4 Å². The number of nitrogens with zero attached hydrogens (tertiary/aromatic N) is 3. The predicted molar refractivity (Wildman–Crippen MR) is 111 cm³/mol. The number of halogens is 1. The fraction of sp³-hybridized carbons (Fsp3) is 0.0526. The number of pyridine rings is 1. The van der Waals surface area contributed by atoms with Crippen molar-refractivity contribution >= 4 is 55.4 Å². The first-order valence-corrected chi connectivity index (χ1v) is 9.75. The van der Waals surface area contributed by atoms with Crippen molar-refractivity contribution in [3.8, 4) is 17.5 Å². The second-order valence-electron chi connectivity index (χ2n) is 5.43. The Morgan fingerprint density at radius 3 is 2.81 bits per heavy atom. The van der Waals surface area contributed by atoms with Gasteiger partial charge in [-0.3, -0.25) is 5.32 Å². The van der Waals surface area contributed by atoms with Crippen LogP contribution in [-0.4, -0.2) is 27.5 Å². The van der Waals surface area contributed by atoms with Gasteiger partial charge in [0.1, 0.15) is 0 Å². The van der Waals surface area contributed by atoms with E-state index in [1.165, 1.54) is 11.8 Å². The number of hydrogen-bond acceptors (Lipinski definition) is 5. The maximum Gasteiger partial charge on any atom is 0.336 e. The van der Waals surface area contributed by atoms with Crippen molar-refractivity contribution in [3.05, 3.63) is 58.6 Å². The Balaban J connectivity index is 2.13. The number of carboxylic acid groups (broad SMARTS) is 1. The standard InChI is InChI=1S/C19H13BrN4O2S/c1-27-19(22-10-21)23-13-4-2-3-11(7-13)17-9-15(18(25)26)14-8-12(20)5-6-16(14)24-17/h2-9H,1H3,(H,22,23)(H,25,26). The number of carboxylic acids is 1. The van der Waals surface area contributed by atoms with Gasteiger partial charge in [-0.05, 0) is 42.7 Å². The number of rotatable bonds is 3. The summed E-state index contributed by atoms with van der Waals surface area (Å²) >= 11 is 4.68. The molecule has 0 saturated heterocycles. The van der Waals surface area contributed by atoms with Crippen molar-refractivity contribution in [1.29, 1.82) is 5.26 Å². The molecule has 1 heterocycles. The molecule has 8 heteroatoms. The zero-order valence-electron chi connectivity index (χ0n) is 14.1. The summed E-state index contributed by atoms with van der Waals surface area (Å²) in [4.78, 5) is 20.7. The van der Waals surface area contributed by atoms with E-state index in [2.05, 4.69) is 31.2 Å². The van der Waals surface area contributed by atoms with Crippen LogP contribution in [0.2, 0.25) is 0 Å². The van der Waals surface area contributed by atoms with E-state index in [0.717, 1.165) is 10.0 Å². The Morgan fingerprint density at radius 1 is 1.30 bits per heavy atom. The third kappa shape index (κ3) is 4.27. The van der Waals surface area contributed by atoms with Gasteiger partial charge in [0.15, 0.2) is 11.4 Å². The number of aromatic carboxylic acids is 1. The SMILES string of the molecule is CSC(=Nc1cccc(-c2cc(C(=O)O)c3cc(Br)ccc3n2)c1)NC#N. The van der Waals surface area contributed by atoms with E-state index in [-0.39, 0.29) is 5.56 Å². The second kappa shape index (κ2) is 8.20. The van der Waals surface area contributed by atoms with Gasteiger partial charge in [0.05, 0.1) is 22.5 Å². The summed E-state index contributed by atoms with van der Waals surface area (Å²) < 4.78 is 0.790. The molecule has 0 unspecified atom stereocenters. The zero-order valence-corrected chi connectivity index (χ0v) is 16.5. The van der Waals surface area contributed by atoms with Gasteiger partial charge in [0, 0.05) is 15.4 Å². The van der Waals surface area contributed by atoms with Crippen LogP contribution in [0.4, 0.5) is 5.69 Å². The number of benzene rings is 2. The minimum absolute atomic E-state index is 0.182. The Labute approximate surface area is 168 Å². The average molecular weight is 441 g/mol. The number of amidine groups is 1. The molecular weight excluding hydrogens is 428 g/mol. The van der Waals surface area contributed by atoms with Crippen LogP contribution < -0.4 is 5.32 Å². The highest BCUT2D eigenvalue weighted by atomic mass is 79.9. The van der Waals surface area contributed by atoms with Crippen LogP contribution in [0, 0.1) is 11.5 Å². The molecule has 3 aromatic rings. The maximum absolute atomic E-state index is 11.7. The van der Waals surface area contributed by atoms with Crippen molar-refractivity contribution in [3.63, 3.8) is 0 Å². The molecule has 0 spiro atoms. The van der Waals surface area contributed by atoms with Crippen molar-refractivity contribution in [2.45, 2.75) is 0 Å². The number of fused-ring (bicyclic) bond motifs is 1. The lowest BCUT2D eigenvalue weighted by molar-refractivity contribution is 0.0699. The molecule has 0 atom stereocenters. The summed E-state index contributed by atoms with van der Waals surface area (Å²) in [5.74, 6) is -1.01. The Bertz CT molecular complexity index is 1110. The summed E-state index contributed by atoms with van der Waals surface area (Å²) in [5, 5.41) is 21.9. The number of nitrogens with one attached hydrogen (secondary N) is 1. The largest absolute Gasteiger partial charge is 0.478 e. The quantitative estimate of drug-likeness (QED) is 0.263. The molecular formula is C19H13BrN4O2S. The first-order chi connectivity index (χ1) is 13.0. The Hall–Kier alpha value is -2.89. The number of nitriles is 1. The number of aliphatic imine (C=N–C) groups is 1. The third-order valence-electron chi connectivity index (χ3n) is 3.73. The molecule has 2 N–H and O–H groups in total. The molecule has 2 aromatic carbocycles. The van der Waals surface area contributed by atoms with Gasteiger partial charge < -0.3 is 5.11 Å². The minimum atomic E-state index is -1.01. The average Bonchev–Trinajstić information content (AvgIpc) is 2.66. The molecule has 0 aliphatic heterocycles. The molecule has 0 bridgehead atoms. The maximum atomic E-state index is 11.7. The molecule has 3 rings (SSSR count). The van der Waals surface area contributed by atoms with E-state index in [9.17, 15) is 9.90 Å². The molecule has 0 amide bonds. The van der Waals surface area contributed by atoms with Crippen LogP contribution in [-0.2, 0) is 0 Å². The molecule has 1 aromatic heterocycles. The zero-order chi connectivity index (χ0) is 19.4. The lowest BCUT2D eigenvalue weighted by Gasteiger charge is -2.08. The summed E-state index contributed by atoms with van der Waals surface area (Å²) in [6.45, 7) is 0. The van der Waals surface area contributed by atoms with Crippen molar-refractivity contribution in [2.75, 3.05) is 6.26 Å². The highest BCUT2D eigenvalue weighted by molar-refractivity contribution is 9.10. The van der Waals surface area contributed by atoms with Crippen LogP contribution in [0.15, 0.2) is 58.0 Å². The summed E-state index contributed by atoms with van der Waals surface area (Å²) in [7, 11) is 0. The van der Waals surface area contributed by atoms with Crippen LogP contribution in [0.1, 0.15) is 10.4 Å². The van der Waals surface area contributed by atoms with Gasteiger partial charge in [-0.25, -0.2) is 14.8 Å². The Kier molecular flexibility index (Phi) is 5.74. The van der Waals surface area contributed by atoms with Crippen LogP contribution >= 0.6 is 27.7 Å². The van der Waals surface area contributed by atoms with Gasteiger partial charge in [-0.15, -0.1) is 0 Å². The van der Waals surface area contributed by atoms with Gasteiger partial charge >= 0.3 is 5.97 Å².